The van der Waals surface area contributed by atoms with Gasteiger partial charge in [-0.1, -0.05) is 0 Å². The van der Waals surface area contributed by atoms with E-state index in [1.54, 1.807) is 0 Å². The van der Waals surface area contributed by atoms with Gasteiger partial charge < -0.3 is 20.7 Å². The average Bonchev–Trinajstić information content (AvgIpc) is 3.21. The molecule has 28 heavy (non-hydrogen) atoms. The van der Waals surface area contributed by atoms with Crippen LogP contribution in [-0.2, 0) is 9.53 Å². The van der Waals surface area contributed by atoms with Gasteiger partial charge in [-0.3, -0.25) is 14.7 Å². The molecule has 0 spiro atoms. The van der Waals surface area contributed by atoms with E-state index in [2.05, 4.69) is 22.0 Å². The predicted octanol–water partition coefficient (Wildman–Crippen LogP) is 1.80. The van der Waals surface area contributed by atoms with Crippen molar-refractivity contribution >= 4 is 35.8 Å². The molecule has 7 nitrogen and oxygen atoms in total. The van der Waals surface area contributed by atoms with Crippen molar-refractivity contribution in [2.45, 2.75) is 57.4 Å². The number of hydrogen-bond donors (Lipinski definition) is 2. The van der Waals surface area contributed by atoms with Crippen molar-refractivity contribution in [1.29, 1.82) is 0 Å². The second-order valence-electron chi connectivity index (χ2n) is 8.33. The smallest absolute Gasteiger partial charge is 0.217 e. The minimum absolute atomic E-state index is 0. The SMILES string of the molecule is CCNC(=NCC1(N2CCCC2)CCOCC1)N1CCCC(CC(N)=O)C1.I. The summed E-state index contributed by atoms with van der Waals surface area (Å²) in [4.78, 5) is 21.4. The molecule has 3 N–H and O–H groups in total. The maximum atomic E-state index is 11.3. The van der Waals surface area contributed by atoms with Gasteiger partial charge in [0.2, 0.25) is 5.91 Å². The largest absolute Gasteiger partial charge is 0.381 e. The fourth-order valence-corrected chi connectivity index (χ4v) is 4.87. The number of carbonyl (C=O) groups is 1. The summed E-state index contributed by atoms with van der Waals surface area (Å²) in [5, 5.41) is 3.48. The molecule has 3 rings (SSSR count). The number of hydrogen-bond acceptors (Lipinski definition) is 4. The molecule has 1 atom stereocenters. The Hall–Kier alpha value is -0.610. The normalized spacial score (nSPS) is 26.0. The highest BCUT2D eigenvalue weighted by molar-refractivity contribution is 14.0. The van der Waals surface area contributed by atoms with E-state index >= 15 is 0 Å². The van der Waals surface area contributed by atoms with Crippen molar-refractivity contribution < 1.29 is 9.53 Å². The van der Waals surface area contributed by atoms with E-state index in [9.17, 15) is 4.79 Å². The van der Waals surface area contributed by atoms with Crippen molar-refractivity contribution in [3.63, 3.8) is 0 Å². The minimum atomic E-state index is -0.195. The molecule has 0 radical (unpaired) electrons. The number of nitrogens with two attached hydrogens (primary N) is 1. The Bertz CT molecular complexity index is 519. The van der Waals surface area contributed by atoms with Gasteiger partial charge in [-0.05, 0) is 64.5 Å². The van der Waals surface area contributed by atoms with Crippen molar-refractivity contribution in [2.75, 3.05) is 52.5 Å². The van der Waals surface area contributed by atoms with Crippen molar-refractivity contribution in [3.8, 4) is 0 Å². The van der Waals surface area contributed by atoms with E-state index < -0.39 is 0 Å². The van der Waals surface area contributed by atoms with Crippen LogP contribution >= 0.6 is 24.0 Å². The van der Waals surface area contributed by atoms with Crippen LogP contribution in [0.15, 0.2) is 4.99 Å². The van der Waals surface area contributed by atoms with Crippen molar-refractivity contribution in [1.82, 2.24) is 15.1 Å². The van der Waals surface area contributed by atoms with E-state index in [1.807, 2.05) is 0 Å². The number of nitrogens with one attached hydrogen (secondary N) is 1. The number of halogens is 1. The molecular formula is C20H38IN5O2. The third-order valence-corrected chi connectivity index (χ3v) is 6.37. The van der Waals surface area contributed by atoms with Crippen LogP contribution in [0.4, 0.5) is 0 Å². The Morgan fingerprint density at radius 2 is 1.93 bits per heavy atom. The predicted molar refractivity (Wildman–Crippen MR) is 123 cm³/mol. The first-order chi connectivity index (χ1) is 13.1. The number of piperidine rings is 1. The first kappa shape index (κ1) is 23.7. The number of rotatable bonds is 6. The number of aliphatic imine (C=N–C) groups is 1. The monoisotopic (exact) mass is 507 g/mol. The van der Waals surface area contributed by atoms with E-state index in [0.29, 0.717) is 12.3 Å². The number of carbonyl (C=O) groups excluding carboxylic acids is 1. The van der Waals surface area contributed by atoms with Crippen LogP contribution in [0, 0.1) is 5.92 Å². The maximum absolute atomic E-state index is 11.3. The van der Waals surface area contributed by atoms with Crippen LogP contribution in [0.5, 0.6) is 0 Å². The summed E-state index contributed by atoms with van der Waals surface area (Å²) >= 11 is 0. The van der Waals surface area contributed by atoms with Gasteiger partial charge >= 0.3 is 0 Å². The van der Waals surface area contributed by atoms with Crippen LogP contribution in [-0.4, -0.2) is 79.7 Å². The van der Waals surface area contributed by atoms with Crippen LogP contribution in [0.3, 0.4) is 0 Å². The van der Waals surface area contributed by atoms with Gasteiger partial charge in [-0.15, -0.1) is 24.0 Å². The summed E-state index contributed by atoms with van der Waals surface area (Å²) in [6, 6.07) is 0. The lowest BCUT2D eigenvalue weighted by atomic mass is 9.88. The minimum Gasteiger partial charge on any atom is -0.381 e. The molecule has 1 unspecified atom stereocenters. The molecule has 1 amide bonds. The summed E-state index contributed by atoms with van der Waals surface area (Å²) in [7, 11) is 0. The number of likely N-dealkylation sites (tertiary alicyclic amines) is 2. The van der Waals surface area contributed by atoms with Crippen molar-refractivity contribution in [2.24, 2.45) is 16.6 Å². The lowest BCUT2D eigenvalue weighted by molar-refractivity contribution is -0.119. The Balaban J connectivity index is 0.00000280. The second-order valence-corrected chi connectivity index (χ2v) is 8.33. The molecule has 0 aromatic rings. The summed E-state index contributed by atoms with van der Waals surface area (Å²) < 4.78 is 5.66. The van der Waals surface area contributed by atoms with Gasteiger partial charge in [0, 0.05) is 44.8 Å². The quantitative estimate of drug-likeness (QED) is 0.326. The van der Waals surface area contributed by atoms with E-state index in [4.69, 9.17) is 15.5 Å². The zero-order valence-electron chi connectivity index (χ0n) is 17.3. The third kappa shape index (κ3) is 6.19. The molecule has 3 saturated heterocycles. The molecule has 8 heteroatoms. The average molecular weight is 507 g/mol. The first-order valence-electron chi connectivity index (χ1n) is 10.8. The van der Waals surface area contributed by atoms with Gasteiger partial charge in [0.05, 0.1) is 6.54 Å². The molecule has 0 aromatic carbocycles. The zero-order chi connectivity index (χ0) is 19.1. The summed E-state index contributed by atoms with van der Waals surface area (Å²) in [5.41, 5.74) is 5.58. The number of guanidine groups is 1. The molecule has 3 heterocycles. The summed E-state index contributed by atoms with van der Waals surface area (Å²) in [6.45, 7) is 9.73. The third-order valence-electron chi connectivity index (χ3n) is 6.37. The fraction of sp³-hybridized carbons (Fsp3) is 0.900. The van der Waals surface area contributed by atoms with Crippen LogP contribution in [0.2, 0.25) is 0 Å². The highest BCUT2D eigenvalue weighted by atomic mass is 127. The van der Waals surface area contributed by atoms with E-state index in [0.717, 1.165) is 71.0 Å². The Morgan fingerprint density at radius 1 is 1.21 bits per heavy atom. The lowest BCUT2D eigenvalue weighted by Gasteiger charge is -2.44. The molecule has 3 aliphatic rings. The number of ether oxygens (including phenoxy) is 1. The van der Waals surface area contributed by atoms with Crippen LogP contribution in [0.25, 0.3) is 0 Å². The van der Waals surface area contributed by atoms with Gasteiger partial charge in [0.1, 0.15) is 0 Å². The Kier molecular flexibility index (Phi) is 9.76. The summed E-state index contributed by atoms with van der Waals surface area (Å²) in [5.74, 6) is 1.14. The molecule has 0 bridgehead atoms. The first-order valence-corrected chi connectivity index (χ1v) is 10.8. The molecule has 0 saturated carbocycles. The van der Waals surface area contributed by atoms with Gasteiger partial charge in [-0.25, -0.2) is 0 Å². The standard InChI is InChI=1S/C20H37N5O2.HI/c1-2-22-19(24-9-5-6-17(15-24)14-18(21)26)23-16-20(7-12-27-13-8-20)25-10-3-4-11-25;/h17H,2-16H2,1H3,(H2,21,26)(H,22,23);1H. The van der Waals surface area contributed by atoms with Crippen LogP contribution < -0.4 is 11.1 Å². The van der Waals surface area contributed by atoms with Gasteiger partial charge in [0.25, 0.3) is 0 Å². The van der Waals surface area contributed by atoms with Gasteiger partial charge in [-0.2, -0.15) is 0 Å². The highest BCUT2D eigenvalue weighted by Crippen LogP contribution is 2.32. The fourth-order valence-electron chi connectivity index (χ4n) is 4.87. The summed E-state index contributed by atoms with van der Waals surface area (Å²) in [6.07, 6.45) is 7.38. The maximum Gasteiger partial charge on any atom is 0.217 e. The Morgan fingerprint density at radius 3 is 2.57 bits per heavy atom. The lowest BCUT2D eigenvalue weighted by Crippen LogP contribution is -2.54. The Labute approximate surface area is 186 Å². The molecular weight excluding hydrogens is 469 g/mol. The number of primary amides is 1. The second kappa shape index (κ2) is 11.5. The van der Waals surface area contributed by atoms with Crippen molar-refractivity contribution in [3.05, 3.63) is 0 Å². The van der Waals surface area contributed by atoms with E-state index in [1.165, 1.54) is 25.9 Å². The zero-order valence-corrected chi connectivity index (χ0v) is 19.7. The number of nitrogens with zero attached hydrogens (tertiary/aromatic N) is 3. The topological polar surface area (TPSA) is 83.2 Å². The molecule has 0 aromatic heterocycles. The van der Waals surface area contributed by atoms with Gasteiger partial charge in [0.15, 0.2) is 5.96 Å². The molecule has 162 valence electrons. The van der Waals surface area contributed by atoms with E-state index in [-0.39, 0.29) is 35.4 Å². The molecule has 0 aliphatic carbocycles. The van der Waals surface area contributed by atoms with Crippen LogP contribution in [0.1, 0.15) is 51.9 Å². The molecule has 3 fully saturated rings. The highest BCUT2D eigenvalue weighted by Gasteiger charge is 2.39. The number of amides is 1. The molecule has 3 aliphatic heterocycles.